The molecule has 0 radical (unpaired) electrons. The van der Waals surface area contributed by atoms with Crippen LogP contribution in [0.1, 0.15) is 35.4 Å². The Hall–Kier alpha value is -2.20. The highest BCUT2D eigenvalue weighted by atomic mass is 14.9. The van der Waals surface area contributed by atoms with Gasteiger partial charge in [0.15, 0.2) is 0 Å². The molecule has 0 atom stereocenters. The first-order valence-corrected chi connectivity index (χ1v) is 7.14. The van der Waals surface area contributed by atoms with Crippen LogP contribution < -0.4 is 5.32 Å². The van der Waals surface area contributed by atoms with Crippen molar-refractivity contribution in [3.05, 3.63) is 65.2 Å². The van der Waals surface area contributed by atoms with E-state index in [2.05, 4.69) is 48.5 Å². The minimum atomic E-state index is 0.564. The van der Waals surface area contributed by atoms with Crippen molar-refractivity contribution in [3.63, 3.8) is 0 Å². The van der Waals surface area contributed by atoms with Crippen LogP contribution in [0.5, 0.6) is 0 Å². The monoisotopic (exact) mass is 261 g/mol. The zero-order chi connectivity index (χ0) is 13.9. The van der Waals surface area contributed by atoms with Crippen molar-refractivity contribution in [1.29, 1.82) is 0 Å². The van der Waals surface area contributed by atoms with Crippen molar-refractivity contribution >= 4 is 5.69 Å². The standard InChI is InChI=1S/C19H19N/c1-3-15-5-4-6-18(11-15)20-19-12-17(13-19)16-9-7-14(2)8-10-16/h1,4-11,17,19-20H,12-13H2,2H3. The number of aryl methyl sites for hydroxylation is 1. The molecule has 1 aliphatic rings. The van der Waals surface area contributed by atoms with Crippen molar-refractivity contribution in [2.75, 3.05) is 5.32 Å². The molecule has 1 N–H and O–H groups in total. The summed E-state index contributed by atoms with van der Waals surface area (Å²) in [6.45, 7) is 2.13. The van der Waals surface area contributed by atoms with Gasteiger partial charge in [0.05, 0.1) is 0 Å². The van der Waals surface area contributed by atoms with Crippen LogP contribution in [0.4, 0.5) is 5.69 Å². The number of terminal acetylenes is 1. The highest BCUT2D eigenvalue weighted by molar-refractivity contribution is 5.51. The molecule has 3 rings (SSSR count). The maximum atomic E-state index is 5.43. The maximum Gasteiger partial charge on any atom is 0.0354 e. The topological polar surface area (TPSA) is 12.0 Å². The van der Waals surface area contributed by atoms with E-state index in [4.69, 9.17) is 6.42 Å². The predicted octanol–water partition coefficient (Wildman–Crippen LogP) is 4.33. The van der Waals surface area contributed by atoms with Crippen LogP contribution in [0.25, 0.3) is 0 Å². The largest absolute Gasteiger partial charge is 0.382 e. The molecule has 1 aliphatic carbocycles. The quantitative estimate of drug-likeness (QED) is 0.811. The molecular weight excluding hydrogens is 242 g/mol. The molecule has 2 aromatic rings. The Labute approximate surface area is 121 Å². The molecule has 1 heteroatoms. The lowest BCUT2D eigenvalue weighted by Crippen LogP contribution is -2.33. The molecule has 0 bridgehead atoms. The van der Waals surface area contributed by atoms with Gasteiger partial charge in [0, 0.05) is 17.3 Å². The summed E-state index contributed by atoms with van der Waals surface area (Å²) < 4.78 is 0. The molecule has 1 saturated carbocycles. The number of hydrogen-bond acceptors (Lipinski definition) is 1. The van der Waals surface area contributed by atoms with Gasteiger partial charge < -0.3 is 5.32 Å². The normalized spacial score (nSPS) is 20.8. The van der Waals surface area contributed by atoms with Crippen LogP contribution in [-0.2, 0) is 0 Å². The molecule has 20 heavy (non-hydrogen) atoms. The lowest BCUT2D eigenvalue weighted by molar-refractivity contribution is 0.374. The van der Waals surface area contributed by atoms with Gasteiger partial charge in [-0.1, -0.05) is 41.8 Å². The Morgan fingerprint density at radius 2 is 1.85 bits per heavy atom. The summed E-state index contributed by atoms with van der Waals surface area (Å²) in [6, 6.07) is 17.6. The maximum absolute atomic E-state index is 5.43. The van der Waals surface area contributed by atoms with Gasteiger partial charge >= 0.3 is 0 Å². The van der Waals surface area contributed by atoms with Crippen LogP contribution in [-0.4, -0.2) is 6.04 Å². The second kappa shape index (κ2) is 5.43. The van der Waals surface area contributed by atoms with E-state index >= 15 is 0 Å². The van der Waals surface area contributed by atoms with Crippen LogP contribution in [0.15, 0.2) is 48.5 Å². The summed E-state index contributed by atoms with van der Waals surface area (Å²) in [5, 5.41) is 3.57. The fourth-order valence-corrected chi connectivity index (χ4v) is 2.78. The number of hydrogen-bond donors (Lipinski definition) is 1. The number of nitrogens with one attached hydrogen (secondary N) is 1. The van der Waals surface area contributed by atoms with E-state index < -0.39 is 0 Å². The second-order valence-corrected chi connectivity index (χ2v) is 5.65. The zero-order valence-corrected chi connectivity index (χ0v) is 11.8. The highest BCUT2D eigenvalue weighted by Crippen LogP contribution is 2.38. The van der Waals surface area contributed by atoms with Gasteiger partial charge in [-0.3, -0.25) is 0 Å². The molecule has 100 valence electrons. The summed E-state index contributed by atoms with van der Waals surface area (Å²) >= 11 is 0. The average Bonchev–Trinajstić information content (AvgIpc) is 2.44. The van der Waals surface area contributed by atoms with Crippen LogP contribution >= 0.6 is 0 Å². The van der Waals surface area contributed by atoms with E-state index in [0.717, 1.165) is 11.3 Å². The molecule has 2 aromatic carbocycles. The van der Waals surface area contributed by atoms with E-state index in [1.807, 2.05) is 18.2 Å². The third-order valence-electron chi connectivity index (χ3n) is 4.09. The molecular formula is C19H19N. The third-order valence-corrected chi connectivity index (χ3v) is 4.09. The Morgan fingerprint density at radius 3 is 2.55 bits per heavy atom. The Bertz CT molecular complexity index is 628. The van der Waals surface area contributed by atoms with Crippen molar-refractivity contribution in [3.8, 4) is 12.3 Å². The van der Waals surface area contributed by atoms with Gasteiger partial charge in [0.2, 0.25) is 0 Å². The smallest absolute Gasteiger partial charge is 0.0354 e. The van der Waals surface area contributed by atoms with Gasteiger partial charge in [-0.2, -0.15) is 0 Å². The van der Waals surface area contributed by atoms with E-state index in [0.29, 0.717) is 12.0 Å². The summed E-state index contributed by atoms with van der Waals surface area (Å²) in [4.78, 5) is 0. The average molecular weight is 261 g/mol. The highest BCUT2D eigenvalue weighted by Gasteiger charge is 2.29. The summed E-state index contributed by atoms with van der Waals surface area (Å²) in [7, 11) is 0. The molecule has 1 nitrogen and oxygen atoms in total. The van der Waals surface area contributed by atoms with Crippen LogP contribution in [0.3, 0.4) is 0 Å². The summed E-state index contributed by atoms with van der Waals surface area (Å²) in [6.07, 6.45) is 7.82. The van der Waals surface area contributed by atoms with Gasteiger partial charge in [-0.25, -0.2) is 0 Å². The SMILES string of the molecule is C#Cc1cccc(NC2CC(c3ccc(C)cc3)C2)c1. The lowest BCUT2D eigenvalue weighted by atomic mass is 9.75. The Morgan fingerprint density at radius 1 is 1.10 bits per heavy atom. The Kier molecular flexibility index (Phi) is 3.48. The van der Waals surface area contributed by atoms with Gasteiger partial charge in [0.25, 0.3) is 0 Å². The minimum absolute atomic E-state index is 0.564. The van der Waals surface area contributed by atoms with Crippen molar-refractivity contribution < 1.29 is 0 Å². The third kappa shape index (κ3) is 2.70. The van der Waals surface area contributed by atoms with Crippen molar-refractivity contribution in [2.24, 2.45) is 0 Å². The Balaban J connectivity index is 1.58. The van der Waals surface area contributed by atoms with Crippen LogP contribution in [0.2, 0.25) is 0 Å². The van der Waals surface area contributed by atoms with Crippen LogP contribution in [0, 0.1) is 19.3 Å². The van der Waals surface area contributed by atoms with E-state index in [1.165, 1.54) is 24.0 Å². The molecule has 0 unspecified atom stereocenters. The summed E-state index contributed by atoms with van der Waals surface area (Å²) in [5.74, 6) is 3.37. The first-order valence-electron chi connectivity index (χ1n) is 7.14. The first kappa shape index (κ1) is 12.8. The fraction of sp³-hybridized carbons (Fsp3) is 0.263. The minimum Gasteiger partial charge on any atom is -0.382 e. The molecule has 0 saturated heterocycles. The molecule has 0 aliphatic heterocycles. The molecule has 0 aromatic heterocycles. The number of benzene rings is 2. The van der Waals surface area contributed by atoms with E-state index in [1.54, 1.807) is 0 Å². The van der Waals surface area contributed by atoms with Gasteiger partial charge in [-0.05, 0) is 49.4 Å². The molecule has 0 heterocycles. The zero-order valence-electron chi connectivity index (χ0n) is 11.8. The molecule has 0 amide bonds. The number of anilines is 1. The van der Waals surface area contributed by atoms with Gasteiger partial charge in [-0.15, -0.1) is 6.42 Å². The number of rotatable bonds is 3. The second-order valence-electron chi connectivity index (χ2n) is 5.65. The van der Waals surface area contributed by atoms with Crippen molar-refractivity contribution in [2.45, 2.75) is 31.7 Å². The van der Waals surface area contributed by atoms with Crippen molar-refractivity contribution in [1.82, 2.24) is 0 Å². The fourth-order valence-electron chi connectivity index (χ4n) is 2.78. The summed E-state index contributed by atoms with van der Waals surface area (Å²) in [5.41, 5.74) is 4.86. The van der Waals surface area contributed by atoms with E-state index in [9.17, 15) is 0 Å². The lowest BCUT2D eigenvalue weighted by Gasteiger charge is -2.37. The first-order chi connectivity index (χ1) is 9.74. The van der Waals surface area contributed by atoms with Gasteiger partial charge in [0.1, 0.15) is 0 Å². The molecule has 0 spiro atoms. The molecule has 1 fully saturated rings. The van der Waals surface area contributed by atoms with E-state index in [-0.39, 0.29) is 0 Å². The predicted molar refractivity (Wildman–Crippen MR) is 84.9 cm³/mol.